The van der Waals surface area contributed by atoms with Crippen molar-refractivity contribution < 1.29 is 0 Å². The highest BCUT2D eigenvalue weighted by Crippen LogP contribution is 2.12. The van der Waals surface area contributed by atoms with E-state index in [-0.39, 0.29) is 6.04 Å². The molecule has 0 saturated heterocycles. The first-order valence-corrected chi connectivity index (χ1v) is 5.03. The van der Waals surface area contributed by atoms with Gasteiger partial charge in [0.2, 0.25) is 0 Å². The molecular formula is C12H12N4. The average molecular weight is 212 g/mol. The normalized spacial score (nSPS) is 12.0. The van der Waals surface area contributed by atoms with Gasteiger partial charge in [0.25, 0.3) is 0 Å². The molecule has 0 amide bonds. The molecule has 0 bridgehead atoms. The lowest BCUT2D eigenvalue weighted by Gasteiger charge is -2.08. The number of rotatable bonds is 3. The summed E-state index contributed by atoms with van der Waals surface area (Å²) in [6, 6.07) is 9.38. The Hall–Kier alpha value is -2.12. The molecular weight excluding hydrogens is 200 g/mol. The molecule has 1 atom stereocenters. The fourth-order valence-electron chi connectivity index (χ4n) is 1.55. The van der Waals surface area contributed by atoms with Gasteiger partial charge in [-0.3, -0.25) is 0 Å². The van der Waals surface area contributed by atoms with Crippen molar-refractivity contribution in [1.29, 1.82) is 5.26 Å². The van der Waals surface area contributed by atoms with Crippen molar-refractivity contribution in [3.63, 3.8) is 0 Å². The second-order valence-electron chi connectivity index (χ2n) is 3.59. The number of H-pyrrole nitrogens is 1. The molecule has 2 rings (SSSR count). The predicted molar refractivity (Wildman–Crippen MR) is 60.4 cm³/mol. The Labute approximate surface area is 93.7 Å². The third-order valence-corrected chi connectivity index (χ3v) is 2.41. The molecule has 16 heavy (non-hydrogen) atoms. The standard InChI is InChI=1S/C12H12N4/c13-8-10-3-1-9(2-4-10)7-11(14)12-15-5-6-16-12/h1-6,11H,7,14H2,(H,15,16). The van der Waals surface area contributed by atoms with Gasteiger partial charge in [0.05, 0.1) is 17.7 Å². The number of nitriles is 1. The van der Waals surface area contributed by atoms with Crippen LogP contribution in [0, 0.1) is 11.3 Å². The van der Waals surface area contributed by atoms with E-state index in [9.17, 15) is 0 Å². The minimum atomic E-state index is -0.136. The van der Waals surface area contributed by atoms with E-state index >= 15 is 0 Å². The summed E-state index contributed by atoms with van der Waals surface area (Å²) in [5.41, 5.74) is 7.75. The average Bonchev–Trinajstić information content (AvgIpc) is 2.83. The van der Waals surface area contributed by atoms with Gasteiger partial charge in [-0.15, -0.1) is 0 Å². The fraction of sp³-hybridized carbons (Fsp3) is 0.167. The molecule has 1 aromatic carbocycles. The Morgan fingerprint density at radius 1 is 1.38 bits per heavy atom. The zero-order valence-corrected chi connectivity index (χ0v) is 8.72. The number of hydrogen-bond donors (Lipinski definition) is 2. The van der Waals surface area contributed by atoms with Gasteiger partial charge in [0.15, 0.2) is 0 Å². The van der Waals surface area contributed by atoms with E-state index in [2.05, 4.69) is 16.0 Å². The Balaban J connectivity index is 2.07. The number of nitrogens with zero attached hydrogens (tertiary/aromatic N) is 2. The zero-order valence-electron chi connectivity index (χ0n) is 8.72. The van der Waals surface area contributed by atoms with Gasteiger partial charge in [0.1, 0.15) is 5.82 Å². The van der Waals surface area contributed by atoms with Crippen LogP contribution in [0.3, 0.4) is 0 Å². The fourth-order valence-corrected chi connectivity index (χ4v) is 1.55. The molecule has 0 radical (unpaired) electrons. The highest BCUT2D eigenvalue weighted by atomic mass is 14.9. The van der Waals surface area contributed by atoms with E-state index in [4.69, 9.17) is 11.0 Å². The highest BCUT2D eigenvalue weighted by molar-refractivity contribution is 5.32. The number of nitrogens with two attached hydrogens (primary N) is 1. The third kappa shape index (κ3) is 2.27. The molecule has 0 spiro atoms. The summed E-state index contributed by atoms with van der Waals surface area (Å²) < 4.78 is 0. The van der Waals surface area contributed by atoms with Crippen LogP contribution < -0.4 is 5.73 Å². The molecule has 4 heteroatoms. The topological polar surface area (TPSA) is 78.5 Å². The quantitative estimate of drug-likeness (QED) is 0.809. The van der Waals surface area contributed by atoms with Crippen molar-refractivity contribution in [3.05, 3.63) is 53.6 Å². The number of benzene rings is 1. The second-order valence-corrected chi connectivity index (χ2v) is 3.59. The second kappa shape index (κ2) is 4.60. The van der Waals surface area contributed by atoms with Crippen LogP contribution in [0.2, 0.25) is 0 Å². The Morgan fingerprint density at radius 2 is 2.12 bits per heavy atom. The molecule has 0 fully saturated rings. The maximum absolute atomic E-state index is 8.67. The van der Waals surface area contributed by atoms with Crippen LogP contribution in [0.4, 0.5) is 0 Å². The van der Waals surface area contributed by atoms with E-state index in [1.54, 1.807) is 24.5 Å². The number of nitrogens with one attached hydrogen (secondary N) is 1. The summed E-state index contributed by atoms with van der Waals surface area (Å²) in [7, 11) is 0. The van der Waals surface area contributed by atoms with Crippen LogP contribution in [-0.4, -0.2) is 9.97 Å². The lowest BCUT2D eigenvalue weighted by atomic mass is 10.0. The van der Waals surface area contributed by atoms with Crippen LogP contribution >= 0.6 is 0 Å². The summed E-state index contributed by atoms with van der Waals surface area (Å²) in [5, 5.41) is 8.67. The van der Waals surface area contributed by atoms with E-state index in [0.29, 0.717) is 12.0 Å². The van der Waals surface area contributed by atoms with E-state index in [1.165, 1.54) is 0 Å². The maximum atomic E-state index is 8.67. The lowest BCUT2D eigenvalue weighted by molar-refractivity contribution is 0.677. The summed E-state index contributed by atoms with van der Waals surface area (Å²) in [6.45, 7) is 0. The smallest absolute Gasteiger partial charge is 0.123 e. The first-order chi connectivity index (χ1) is 7.79. The molecule has 1 aromatic heterocycles. The molecule has 0 aliphatic carbocycles. The first-order valence-electron chi connectivity index (χ1n) is 5.03. The molecule has 0 aliphatic heterocycles. The molecule has 1 heterocycles. The van der Waals surface area contributed by atoms with Crippen LogP contribution in [0.5, 0.6) is 0 Å². The summed E-state index contributed by atoms with van der Waals surface area (Å²) in [6.07, 6.45) is 4.15. The Bertz CT molecular complexity index is 479. The van der Waals surface area contributed by atoms with Crippen LogP contribution in [-0.2, 0) is 6.42 Å². The zero-order chi connectivity index (χ0) is 11.4. The van der Waals surface area contributed by atoms with Crippen LogP contribution in [0.25, 0.3) is 0 Å². The third-order valence-electron chi connectivity index (χ3n) is 2.41. The van der Waals surface area contributed by atoms with Crippen molar-refractivity contribution >= 4 is 0 Å². The first kappa shape index (κ1) is 10.4. The minimum absolute atomic E-state index is 0.136. The summed E-state index contributed by atoms with van der Waals surface area (Å²) in [5.74, 6) is 0.782. The predicted octanol–water partition coefficient (Wildman–Crippen LogP) is 1.52. The van der Waals surface area contributed by atoms with E-state index in [0.717, 1.165) is 11.4 Å². The van der Waals surface area contributed by atoms with Gasteiger partial charge in [-0.2, -0.15) is 5.26 Å². The van der Waals surface area contributed by atoms with Gasteiger partial charge in [0, 0.05) is 12.4 Å². The largest absolute Gasteiger partial charge is 0.347 e. The Kier molecular flexibility index (Phi) is 2.99. The van der Waals surface area contributed by atoms with Gasteiger partial charge in [-0.25, -0.2) is 4.98 Å². The van der Waals surface area contributed by atoms with Crippen molar-refractivity contribution in [1.82, 2.24) is 9.97 Å². The SMILES string of the molecule is N#Cc1ccc(CC(N)c2ncc[nH]2)cc1. The van der Waals surface area contributed by atoms with Gasteiger partial charge < -0.3 is 10.7 Å². The van der Waals surface area contributed by atoms with Crippen molar-refractivity contribution in [2.75, 3.05) is 0 Å². The molecule has 1 unspecified atom stereocenters. The number of imidazole rings is 1. The minimum Gasteiger partial charge on any atom is -0.347 e. The number of aromatic amines is 1. The van der Waals surface area contributed by atoms with Crippen LogP contribution in [0.1, 0.15) is 23.0 Å². The van der Waals surface area contributed by atoms with Crippen molar-refractivity contribution in [3.8, 4) is 6.07 Å². The maximum Gasteiger partial charge on any atom is 0.123 e. The van der Waals surface area contributed by atoms with Crippen LogP contribution in [0.15, 0.2) is 36.7 Å². The molecule has 2 aromatic rings. The Morgan fingerprint density at radius 3 is 2.69 bits per heavy atom. The molecule has 80 valence electrons. The number of aromatic nitrogens is 2. The van der Waals surface area contributed by atoms with E-state index in [1.807, 2.05) is 12.1 Å². The summed E-state index contributed by atoms with van der Waals surface area (Å²) in [4.78, 5) is 7.10. The van der Waals surface area contributed by atoms with Gasteiger partial charge >= 0.3 is 0 Å². The molecule has 0 aliphatic rings. The molecule has 0 saturated carbocycles. The summed E-state index contributed by atoms with van der Waals surface area (Å²) >= 11 is 0. The molecule has 4 nitrogen and oxygen atoms in total. The highest BCUT2D eigenvalue weighted by Gasteiger charge is 2.08. The van der Waals surface area contributed by atoms with Gasteiger partial charge in [-0.1, -0.05) is 12.1 Å². The lowest BCUT2D eigenvalue weighted by Crippen LogP contribution is -2.14. The van der Waals surface area contributed by atoms with Crippen molar-refractivity contribution in [2.45, 2.75) is 12.5 Å². The molecule has 3 N–H and O–H groups in total. The van der Waals surface area contributed by atoms with Crippen molar-refractivity contribution in [2.24, 2.45) is 5.73 Å². The monoisotopic (exact) mass is 212 g/mol. The van der Waals surface area contributed by atoms with E-state index < -0.39 is 0 Å². The van der Waals surface area contributed by atoms with Gasteiger partial charge in [-0.05, 0) is 24.1 Å². The number of hydrogen-bond acceptors (Lipinski definition) is 3.